The van der Waals surface area contributed by atoms with E-state index in [-0.39, 0.29) is 11.5 Å². The summed E-state index contributed by atoms with van der Waals surface area (Å²) in [4.78, 5) is 0.0748. The number of benzene rings is 1. The van der Waals surface area contributed by atoms with Crippen LogP contribution in [0.3, 0.4) is 0 Å². The summed E-state index contributed by atoms with van der Waals surface area (Å²) in [6, 6.07) is 6.02. The molecule has 1 rings (SSSR count). The topological polar surface area (TPSA) is 89.6 Å². The number of rotatable bonds is 8. The quantitative estimate of drug-likeness (QED) is 0.705. The maximum absolute atomic E-state index is 11.1. The van der Waals surface area contributed by atoms with Gasteiger partial charge in [-0.3, -0.25) is 0 Å². The van der Waals surface area contributed by atoms with Gasteiger partial charge in [0.05, 0.1) is 11.5 Å². The number of hydrogen-bond acceptors (Lipinski definition) is 5. The average Bonchev–Trinajstić information content (AvgIpc) is 2.34. The minimum absolute atomic E-state index is 0.0748. The maximum Gasteiger partial charge on any atom is 0.238 e. The van der Waals surface area contributed by atoms with Gasteiger partial charge in [-0.1, -0.05) is 6.92 Å². The average molecular weight is 305 g/mol. The Balaban J connectivity index is 2.35. The second-order valence-corrected chi connectivity index (χ2v) is 7.17. The van der Waals surface area contributed by atoms with Gasteiger partial charge in [0.1, 0.15) is 5.75 Å². The Morgan fingerprint density at radius 2 is 2.00 bits per heavy atom. The first-order chi connectivity index (χ1) is 8.93. The summed E-state index contributed by atoms with van der Waals surface area (Å²) < 4.78 is 27.6. The van der Waals surface area contributed by atoms with Crippen molar-refractivity contribution in [1.82, 2.24) is 0 Å². The molecule has 0 fully saturated rings. The lowest BCUT2D eigenvalue weighted by Gasteiger charge is -2.10. The van der Waals surface area contributed by atoms with E-state index in [9.17, 15) is 8.42 Å². The number of primary sulfonamides is 1. The van der Waals surface area contributed by atoms with Crippen molar-refractivity contribution in [2.24, 2.45) is 5.14 Å². The number of thioether (sulfide) groups is 1. The molecular weight excluding hydrogens is 286 g/mol. The largest absolute Gasteiger partial charge is 0.493 e. The molecule has 0 bridgehead atoms. The van der Waals surface area contributed by atoms with Crippen LogP contribution < -0.4 is 9.88 Å². The molecule has 7 heteroatoms. The number of aliphatic hydroxyl groups excluding tert-OH is 1. The second-order valence-electron chi connectivity index (χ2n) is 4.06. The molecule has 1 atom stereocenters. The van der Waals surface area contributed by atoms with Crippen molar-refractivity contribution in [1.29, 1.82) is 0 Å². The van der Waals surface area contributed by atoms with Crippen LogP contribution in [-0.4, -0.2) is 37.7 Å². The number of aliphatic hydroxyl groups is 1. The van der Waals surface area contributed by atoms with Gasteiger partial charge in [-0.15, -0.1) is 0 Å². The Bertz CT molecular complexity index is 473. The summed E-state index contributed by atoms with van der Waals surface area (Å²) >= 11 is 1.73. The number of ether oxygens (including phenoxy) is 1. The lowest BCUT2D eigenvalue weighted by Crippen LogP contribution is -2.12. The van der Waals surface area contributed by atoms with Crippen LogP contribution in [0.4, 0.5) is 0 Å². The van der Waals surface area contributed by atoms with E-state index < -0.39 is 10.0 Å². The van der Waals surface area contributed by atoms with Crippen LogP contribution in [0, 0.1) is 0 Å². The minimum atomic E-state index is -3.65. The third-order valence-corrected chi connectivity index (χ3v) is 4.58. The van der Waals surface area contributed by atoms with E-state index in [1.165, 1.54) is 12.1 Å². The molecule has 5 nitrogen and oxygen atoms in total. The van der Waals surface area contributed by atoms with E-state index in [1.807, 2.05) is 0 Å². The second kappa shape index (κ2) is 7.74. The first kappa shape index (κ1) is 16.3. The zero-order chi connectivity index (χ0) is 14.3. The van der Waals surface area contributed by atoms with Crippen molar-refractivity contribution in [3.05, 3.63) is 24.3 Å². The molecule has 0 aliphatic carbocycles. The third kappa shape index (κ3) is 6.29. The van der Waals surface area contributed by atoms with Crippen molar-refractivity contribution >= 4 is 21.8 Å². The van der Waals surface area contributed by atoms with Gasteiger partial charge in [0.15, 0.2) is 0 Å². The lowest BCUT2D eigenvalue weighted by molar-refractivity contribution is 0.288. The molecule has 0 aliphatic rings. The highest BCUT2D eigenvalue weighted by Gasteiger charge is 2.07. The summed E-state index contributed by atoms with van der Waals surface area (Å²) in [5, 5.41) is 14.2. The van der Waals surface area contributed by atoms with E-state index >= 15 is 0 Å². The molecular formula is C12H19NO4S2. The van der Waals surface area contributed by atoms with Crippen LogP contribution in [0.25, 0.3) is 0 Å². The summed E-state index contributed by atoms with van der Waals surface area (Å²) in [7, 11) is -3.65. The van der Waals surface area contributed by atoms with Gasteiger partial charge in [-0.2, -0.15) is 11.8 Å². The molecule has 0 heterocycles. The third-order valence-electron chi connectivity index (χ3n) is 2.44. The van der Waals surface area contributed by atoms with Crippen LogP contribution in [0.2, 0.25) is 0 Å². The van der Waals surface area contributed by atoms with Crippen LogP contribution >= 0.6 is 11.8 Å². The van der Waals surface area contributed by atoms with Crippen molar-refractivity contribution in [3.63, 3.8) is 0 Å². The highest BCUT2D eigenvalue weighted by Crippen LogP contribution is 2.17. The van der Waals surface area contributed by atoms with Crippen LogP contribution in [0.15, 0.2) is 29.2 Å². The predicted molar refractivity (Wildman–Crippen MR) is 76.9 cm³/mol. The van der Waals surface area contributed by atoms with E-state index in [0.29, 0.717) is 17.6 Å². The van der Waals surface area contributed by atoms with E-state index in [1.54, 1.807) is 23.9 Å². The molecule has 3 N–H and O–H groups in total. The maximum atomic E-state index is 11.1. The monoisotopic (exact) mass is 305 g/mol. The minimum Gasteiger partial charge on any atom is -0.493 e. The summed E-state index contributed by atoms with van der Waals surface area (Å²) in [5.41, 5.74) is 0. The summed E-state index contributed by atoms with van der Waals surface area (Å²) in [6.07, 6.45) is 0.772. The molecule has 0 aromatic heterocycles. The predicted octanol–water partition coefficient (Wildman–Crippen LogP) is 1.22. The van der Waals surface area contributed by atoms with E-state index in [2.05, 4.69) is 6.92 Å². The Morgan fingerprint density at radius 3 is 2.53 bits per heavy atom. The highest BCUT2D eigenvalue weighted by molar-refractivity contribution is 7.99. The summed E-state index contributed by atoms with van der Waals surface area (Å²) in [5.74, 6) is 1.43. The zero-order valence-electron chi connectivity index (χ0n) is 10.8. The Labute approximate surface area is 118 Å². The van der Waals surface area contributed by atoms with Crippen molar-refractivity contribution in [2.75, 3.05) is 19.0 Å². The molecule has 0 aliphatic heterocycles. The number of sulfonamides is 1. The molecule has 19 heavy (non-hydrogen) atoms. The van der Waals surface area contributed by atoms with Crippen LogP contribution in [0.1, 0.15) is 13.3 Å². The fourth-order valence-electron chi connectivity index (χ4n) is 1.40. The van der Waals surface area contributed by atoms with Gasteiger partial charge in [0.25, 0.3) is 0 Å². The fraction of sp³-hybridized carbons (Fsp3) is 0.500. The molecule has 1 aromatic rings. The normalized spacial score (nSPS) is 13.2. The first-order valence-electron chi connectivity index (χ1n) is 5.91. The van der Waals surface area contributed by atoms with Crippen LogP contribution in [-0.2, 0) is 10.0 Å². The molecule has 1 unspecified atom stereocenters. The van der Waals surface area contributed by atoms with Gasteiger partial charge < -0.3 is 9.84 Å². The summed E-state index contributed by atoms with van der Waals surface area (Å²) in [6.45, 7) is 2.79. The Kier molecular flexibility index (Phi) is 6.64. The highest BCUT2D eigenvalue weighted by atomic mass is 32.2. The van der Waals surface area contributed by atoms with Crippen molar-refractivity contribution < 1.29 is 18.3 Å². The molecule has 0 radical (unpaired) electrons. The van der Waals surface area contributed by atoms with Gasteiger partial charge in [0, 0.05) is 17.6 Å². The fourth-order valence-corrected chi connectivity index (χ4v) is 2.77. The zero-order valence-corrected chi connectivity index (χ0v) is 12.4. The molecule has 0 amide bonds. The molecule has 0 saturated carbocycles. The number of hydrogen-bond donors (Lipinski definition) is 2. The van der Waals surface area contributed by atoms with Crippen molar-refractivity contribution in [2.45, 2.75) is 23.5 Å². The molecule has 0 spiro atoms. The first-order valence-corrected chi connectivity index (χ1v) is 8.51. The SMILES string of the molecule is CC(CCO)SCCOc1ccc(S(N)(=O)=O)cc1. The van der Waals surface area contributed by atoms with Gasteiger partial charge in [-0.05, 0) is 30.7 Å². The molecule has 1 aromatic carbocycles. The van der Waals surface area contributed by atoms with Crippen LogP contribution in [0.5, 0.6) is 5.75 Å². The van der Waals surface area contributed by atoms with Gasteiger partial charge in [-0.25, -0.2) is 13.6 Å². The standard InChI is InChI=1S/C12H19NO4S2/c1-10(6-7-14)18-9-8-17-11-2-4-12(5-3-11)19(13,15)16/h2-5,10,14H,6-9H2,1H3,(H2,13,15,16). The van der Waals surface area contributed by atoms with Gasteiger partial charge >= 0.3 is 0 Å². The Hall–Kier alpha value is -0.760. The number of nitrogens with two attached hydrogens (primary N) is 1. The molecule has 0 saturated heterocycles. The van der Waals surface area contributed by atoms with Crippen molar-refractivity contribution in [3.8, 4) is 5.75 Å². The van der Waals surface area contributed by atoms with Gasteiger partial charge in [0.2, 0.25) is 10.0 Å². The van der Waals surface area contributed by atoms with E-state index in [0.717, 1.165) is 12.2 Å². The van der Waals surface area contributed by atoms with E-state index in [4.69, 9.17) is 15.0 Å². The smallest absolute Gasteiger partial charge is 0.238 e. The Morgan fingerprint density at radius 1 is 1.37 bits per heavy atom. The molecule has 108 valence electrons. The lowest BCUT2D eigenvalue weighted by atomic mass is 10.3.